The monoisotopic (exact) mass is 346 g/mol. The van der Waals surface area contributed by atoms with Crippen LogP contribution >= 0.6 is 0 Å². The van der Waals surface area contributed by atoms with Gasteiger partial charge in [-0.3, -0.25) is 0 Å². The quantitative estimate of drug-likeness (QED) is 0.567. The highest BCUT2D eigenvalue weighted by Crippen LogP contribution is 2.41. The third kappa shape index (κ3) is 3.60. The first kappa shape index (κ1) is 18.1. The van der Waals surface area contributed by atoms with Gasteiger partial charge in [-0.2, -0.15) is 0 Å². The molecule has 0 aliphatic carbocycles. The lowest BCUT2D eigenvalue weighted by atomic mass is 9.82. The van der Waals surface area contributed by atoms with Crippen LogP contribution in [-0.4, -0.2) is 10.2 Å². The Kier molecular flexibility index (Phi) is 5.03. The van der Waals surface area contributed by atoms with Crippen molar-refractivity contribution < 1.29 is 10.2 Å². The van der Waals surface area contributed by atoms with Crippen molar-refractivity contribution in [2.24, 2.45) is 0 Å². The topological polar surface area (TPSA) is 40.5 Å². The summed E-state index contributed by atoms with van der Waals surface area (Å²) in [6.07, 6.45) is 0. The molecule has 0 bridgehead atoms. The van der Waals surface area contributed by atoms with E-state index in [1.807, 2.05) is 38.1 Å². The zero-order valence-corrected chi connectivity index (χ0v) is 15.8. The van der Waals surface area contributed by atoms with Gasteiger partial charge in [0.15, 0.2) is 0 Å². The van der Waals surface area contributed by atoms with Crippen molar-refractivity contribution in [1.82, 2.24) is 0 Å². The molecule has 0 radical (unpaired) electrons. The smallest absolute Gasteiger partial charge is 0.119 e. The molecule has 26 heavy (non-hydrogen) atoms. The van der Waals surface area contributed by atoms with Gasteiger partial charge in [0.25, 0.3) is 0 Å². The number of hydrogen-bond donors (Lipinski definition) is 2. The van der Waals surface area contributed by atoms with Crippen molar-refractivity contribution in [2.75, 3.05) is 0 Å². The Morgan fingerprint density at radius 1 is 0.615 bits per heavy atom. The van der Waals surface area contributed by atoms with Gasteiger partial charge in [0, 0.05) is 17.0 Å². The van der Waals surface area contributed by atoms with Crippen LogP contribution in [0.4, 0.5) is 0 Å². The van der Waals surface area contributed by atoms with Crippen LogP contribution in [0.3, 0.4) is 0 Å². The third-order valence-electron chi connectivity index (χ3n) is 4.92. The summed E-state index contributed by atoms with van der Waals surface area (Å²) in [6, 6.07) is 19.7. The molecule has 2 nitrogen and oxygen atoms in total. The molecule has 3 rings (SSSR count). The molecule has 0 heterocycles. The number of aryl methyl sites for hydroxylation is 2. The van der Waals surface area contributed by atoms with Crippen LogP contribution in [0.15, 0.2) is 60.7 Å². The molecule has 0 saturated heterocycles. The summed E-state index contributed by atoms with van der Waals surface area (Å²) >= 11 is 0. The van der Waals surface area contributed by atoms with Crippen molar-refractivity contribution in [3.05, 3.63) is 94.0 Å². The zero-order chi connectivity index (χ0) is 18.8. The molecule has 0 aliphatic heterocycles. The largest absolute Gasteiger partial charge is 0.508 e. The van der Waals surface area contributed by atoms with Gasteiger partial charge in [-0.05, 0) is 43.0 Å². The SMILES string of the molecule is Cc1ccc(O)c(C(c2ccc(C(C)C)cc2)c2cc(C)ccc2O)c1. The molecule has 0 unspecified atom stereocenters. The average Bonchev–Trinajstić information content (AvgIpc) is 2.61. The van der Waals surface area contributed by atoms with Gasteiger partial charge in [0.05, 0.1) is 0 Å². The Morgan fingerprint density at radius 2 is 1.04 bits per heavy atom. The first-order valence-corrected chi connectivity index (χ1v) is 9.05. The molecule has 0 aliphatic rings. The van der Waals surface area contributed by atoms with Crippen molar-refractivity contribution in [1.29, 1.82) is 0 Å². The maximum Gasteiger partial charge on any atom is 0.119 e. The normalized spacial score (nSPS) is 11.3. The molecule has 0 amide bonds. The Balaban J connectivity index is 2.22. The summed E-state index contributed by atoms with van der Waals surface area (Å²) in [5, 5.41) is 21.1. The first-order valence-electron chi connectivity index (χ1n) is 9.05. The number of hydrogen-bond acceptors (Lipinski definition) is 2. The summed E-state index contributed by atoms with van der Waals surface area (Å²) in [7, 11) is 0. The Morgan fingerprint density at radius 3 is 1.46 bits per heavy atom. The summed E-state index contributed by atoms with van der Waals surface area (Å²) < 4.78 is 0. The van der Waals surface area contributed by atoms with Crippen LogP contribution < -0.4 is 0 Å². The predicted molar refractivity (Wildman–Crippen MR) is 107 cm³/mol. The number of phenols is 2. The summed E-state index contributed by atoms with van der Waals surface area (Å²) in [6.45, 7) is 8.37. The molecular formula is C24H26O2. The fourth-order valence-electron chi connectivity index (χ4n) is 3.41. The minimum absolute atomic E-state index is 0.226. The van der Waals surface area contributed by atoms with E-state index >= 15 is 0 Å². The highest BCUT2D eigenvalue weighted by molar-refractivity contribution is 5.54. The standard InChI is InChI=1S/C24H26O2/c1-15(2)18-7-9-19(10-8-18)24(20-13-16(3)5-11-22(20)25)21-14-17(4)6-12-23(21)26/h5-15,24-26H,1-4H3. The molecule has 2 heteroatoms. The van der Waals surface area contributed by atoms with Gasteiger partial charge in [-0.15, -0.1) is 0 Å². The number of rotatable bonds is 4. The number of benzene rings is 3. The van der Waals surface area contributed by atoms with Crippen LogP contribution in [0.2, 0.25) is 0 Å². The van der Waals surface area contributed by atoms with Gasteiger partial charge in [-0.25, -0.2) is 0 Å². The summed E-state index contributed by atoms with van der Waals surface area (Å²) in [5.41, 5.74) is 6.10. The molecule has 0 fully saturated rings. The molecule has 0 atom stereocenters. The van der Waals surface area contributed by atoms with E-state index in [2.05, 4.69) is 38.1 Å². The van der Waals surface area contributed by atoms with Crippen molar-refractivity contribution in [3.63, 3.8) is 0 Å². The molecular weight excluding hydrogens is 320 g/mol. The highest BCUT2D eigenvalue weighted by atomic mass is 16.3. The van der Waals surface area contributed by atoms with Gasteiger partial charge >= 0.3 is 0 Å². The van der Waals surface area contributed by atoms with E-state index < -0.39 is 0 Å². The molecule has 2 N–H and O–H groups in total. The Bertz CT molecular complexity index is 856. The maximum atomic E-state index is 10.5. The van der Waals surface area contributed by atoms with E-state index in [1.54, 1.807) is 12.1 Å². The molecule has 0 aromatic heterocycles. The van der Waals surface area contributed by atoms with Gasteiger partial charge in [0.2, 0.25) is 0 Å². The molecule has 0 saturated carbocycles. The van der Waals surface area contributed by atoms with E-state index in [1.165, 1.54) is 5.56 Å². The number of phenolic OH excluding ortho intramolecular Hbond substituents is 2. The predicted octanol–water partition coefficient (Wildman–Crippen LogP) is 6.02. The minimum Gasteiger partial charge on any atom is -0.508 e. The second kappa shape index (κ2) is 7.25. The summed E-state index contributed by atoms with van der Waals surface area (Å²) in [4.78, 5) is 0. The van der Waals surface area contributed by atoms with E-state index in [0.717, 1.165) is 27.8 Å². The summed E-state index contributed by atoms with van der Waals surface area (Å²) in [5.74, 6) is 0.724. The minimum atomic E-state index is -0.226. The van der Waals surface area contributed by atoms with Crippen LogP contribution in [0, 0.1) is 13.8 Å². The van der Waals surface area contributed by atoms with Gasteiger partial charge < -0.3 is 10.2 Å². The van der Waals surface area contributed by atoms with Gasteiger partial charge in [0.1, 0.15) is 11.5 Å². The van der Waals surface area contributed by atoms with Crippen LogP contribution in [0.5, 0.6) is 11.5 Å². The third-order valence-corrected chi connectivity index (χ3v) is 4.92. The van der Waals surface area contributed by atoms with Crippen molar-refractivity contribution in [3.8, 4) is 11.5 Å². The van der Waals surface area contributed by atoms with Crippen molar-refractivity contribution in [2.45, 2.75) is 39.5 Å². The lowest BCUT2D eigenvalue weighted by molar-refractivity contribution is 0.458. The molecule has 3 aromatic carbocycles. The van der Waals surface area contributed by atoms with E-state index in [0.29, 0.717) is 5.92 Å². The Hall–Kier alpha value is -2.74. The Labute approximate surface area is 155 Å². The second-order valence-electron chi connectivity index (χ2n) is 7.38. The number of aromatic hydroxyl groups is 2. The average molecular weight is 346 g/mol. The van der Waals surface area contributed by atoms with E-state index in [4.69, 9.17) is 0 Å². The van der Waals surface area contributed by atoms with Gasteiger partial charge in [-0.1, -0.05) is 73.5 Å². The van der Waals surface area contributed by atoms with Crippen molar-refractivity contribution >= 4 is 0 Å². The van der Waals surface area contributed by atoms with Crippen LogP contribution in [0.1, 0.15) is 59.1 Å². The van der Waals surface area contributed by atoms with E-state index in [-0.39, 0.29) is 17.4 Å². The first-order chi connectivity index (χ1) is 12.4. The highest BCUT2D eigenvalue weighted by Gasteiger charge is 2.23. The van der Waals surface area contributed by atoms with Crippen LogP contribution in [0.25, 0.3) is 0 Å². The van der Waals surface area contributed by atoms with Crippen LogP contribution in [-0.2, 0) is 0 Å². The lowest BCUT2D eigenvalue weighted by Gasteiger charge is -2.22. The fraction of sp³-hybridized carbons (Fsp3) is 0.250. The molecule has 134 valence electrons. The maximum absolute atomic E-state index is 10.5. The van der Waals surface area contributed by atoms with E-state index in [9.17, 15) is 10.2 Å². The fourth-order valence-corrected chi connectivity index (χ4v) is 3.41. The zero-order valence-electron chi connectivity index (χ0n) is 15.8. The molecule has 0 spiro atoms. The second-order valence-corrected chi connectivity index (χ2v) is 7.38. The lowest BCUT2D eigenvalue weighted by Crippen LogP contribution is -2.05. The molecule has 3 aromatic rings.